The Balaban J connectivity index is 2.72. The number of hydrogen-bond donors (Lipinski definition) is 0. The molecule has 0 fully saturated rings. The van der Waals surface area contributed by atoms with Gasteiger partial charge in [-0.15, -0.1) is 0 Å². The van der Waals surface area contributed by atoms with Gasteiger partial charge in [0, 0.05) is 0 Å². The minimum absolute atomic E-state index is 0.632. The predicted octanol–water partition coefficient (Wildman–Crippen LogP) is 2.56. The summed E-state index contributed by atoms with van der Waals surface area (Å²) in [7, 11) is 0. The van der Waals surface area contributed by atoms with Gasteiger partial charge in [-0.3, -0.25) is 0 Å². The van der Waals surface area contributed by atoms with E-state index in [-0.39, 0.29) is 0 Å². The molecule has 1 aromatic carbocycles. The van der Waals surface area contributed by atoms with E-state index in [9.17, 15) is 0 Å². The van der Waals surface area contributed by atoms with Crippen LogP contribution in [0.3, 0.4) is 0 Å². The van der Waals surface area contributed by atoms with Gasteiger partial charge in [0.15, 0.2) is 0 Å². The molecule has 0 amide bonds. The van der Waals surface area contributed by atoms with Crippen LogP contribution in [-0.4, -0.2) is 20.2 Å². The second kappa shape index (κ2) is 4.96. The van der Waals surface area contributed by atoms with E-state index >= 15 is 0 Å². The molecule has 0 spiro atoms. The zero-order chi connectivity index (χ0) is 8.97. The summed E-state index contributed by atoms with van der Waals surface area (Å²) in [5.41, 5.74) is 0. The first-order valence-corrected chi connectivity index (χ1v) is 7.48. The van der Waals surface area contributed by atoms with E-state index in [4.69, 9.17) is 0 Å². The molecule has 0 aliphatic rings. The molecule has 0 bridgehead atoms. The van der Waals surface area contributed by atoms with Crippen molar-refractivity contribution < 1.29 is 0 Å². The first-order valence-electron chi connectivity index (χ1n) is 4.03. The van der Waals surface area contributed by atoms with E-state index in [1.54, 1.807) is 0 Å². The minimum atomic E-state index is 0.632. The van der Waals surface area contributed by atoms with Gasteiger partial charge in [0.05, 0.1) is 0 Å². The van der Waals surface area contributed by atoms with Gasteiger partial charge in [-0.25, -0.2) is 0 Å². The Bertz CT molecular complexity index is 245. The average Bonchev–Trinajstić information content (AvgIpc) is 2.03. The van der Waals surface area contributed by atoms with Gasteiger partial charge in [0.25, 0.3) is 0 Å². The molecule has 0 N–H and O–H groups in total. The fourth-order valence-corrected chi connectivity index (χ4v) is 2.98. The third-order valence-corrected chi connectivity index (χ3v) is 3.93. The van der Waals surface area contributed by atoms with Gasteiger partial charge in [-0.2, -0.15) is 0 Å². The number of hydrogen-bond acceptors (Lipinski definition) is 1. The molecule has 0 saturated heterocycles. The summed E-state index contributed by atoms with van der Waals surface area (Å²) in [6.07, 6.45) is 0. The maximum atomic E-state index is 2.31. The number of rotatable bonds is 3. The van der Waals surface area contributed by atoms with E-state index in [0.29, 0.717) is 20.2 Å². The standard InChI is InChI=1S/C10H14SSe/c1-8(2)11-9-5-4-6-10(7-9)12-3/h4-8H,1-3H3. The van der Waals surface area contributed by atoms with E-state index in [1.807, 2.05) is 11.8 Å². The molecule has 0 unspecified atom stereocenters. The van der Waals surface area contributed by atoms with E-state index in [0.717, 1.165) is 0 Å². The molecule has 0 atom stereocenters. The molecule has 0 aliphatic heterocycles. The first kappa shape index (κ1) is 10.2. The molecule has 0 saturated carbocycles. The topological polar surface area (TPSA) is 0 Å². The molecule has 1 aromatic rings. The van der Waals surface area contributed by atoms with Crippen molar-refractivity contribution in [3.63, 3.8) is 0 Å². The van der Waals surface area contributed by atoms with Crippen molar-refractivity contribution in [1.29, 1.82) is 0 Å². The molecule has 12 heavy (non-hydrogen) atoms. The van der Waals surface area contributed by atoms with Crippen LogP contribution in [0, 0.1) is 0 Å². The van der Waals surface area contributed by atoms with Crippen molar-refractivity contribution in [3.05, 3.63) is 24.3 Å². The molecule has 0 heterocycles. The molecular weight excluding hydrogens is 231 g/mol. The van der Waals surface area contributed by atoms with Gasteiger partial charge >= 0.3 is 85.3 Å². The molecular formula is C10H14SSe. The van der Waals surface area contributed by atoms with Crippen molar-refractivity contribution in [3.8, 4) is 0 Å². The van der Waals surface area contributed by atoms with Crippen LogP contribution in [0.25, 0.3) is 0 Å². The summed E-state index contributed by atoms with van der Waals surface area (Å²) in [4.78, 5) is 1.41. The monoisotopic (exact) mass is 246 g/mol. The van der Waals surface area contributed by atoms with E-state index in [1.165, 1.54) is 9.36 Å². The van der Waals surface area contributed by atoms with Crippen molar-refractivity contribution in [1.82, 2.24) is 0 Å². The Labute approximate surface area is 85.3 Å². The zero-order valence-corrected chi connectivity index (χ0v) is 10.2. The Morgan fingerprint density at radius 3 is 2.67 bits per heavy atom. The molecule has 0 aliphatic carbocycles. The van der Waals surface area contributed by atoms with Crippen LogP contribution in [-0.2, 0) is 0 Å². The van der Waals surface area contributed by atoms with Gasteiger partial charge < -0.3 is 0 Å². The molecule has 2 heteroatoms. The maximum absolute atomic E-state index is 2.31. The quantitative estimate of drug-likeness (QED) is 0.582. The molecule has 0 aromatic heterocycles. The normalized spacial score (nSPS) is 10.7. The summed E-state index contributed by atoms with van der Waals surface area (Å²) in [6.45, 7) is 4.46. The Hall–Kier alpha value is 0.0895. The SMILES string of the molecule is C[Se]c1cccc(SC(C)C)c1. The average molecular weight is 245 g/mol. The third-order valence-electron chi connectivity index (χ3n) is 1.41. The second-order valence-corrected chi connectivity index (χ2v) is 6.34. The van der Waals surface area contributed by atoms with Gasteiger partial charge in [-0.05, 0) is 0 Å². The molecule has 66 valence electrons. The van der Waals surface area contributed by atoms with Crippen LogP contribution in [0.2, 0.25) is 5.82 Å². The van der Waals surface area contributed by atoms with Gasteiger partial charge in [0.2, 0.25) is 0 Å². The van der Waals surface area contributed by atoms with Crippen molar-refractivity contribution in [2.24, 2.45) is 0 Å². The molecule has 1 rings (SSSR count). The second-order valence-electron chi connectivity index (χ2n) is 2.85. The first-order chi connectivity index (χ1) is 5.72. The van der Waals surface area contributed by atoms with Crippen LogP contribution >= 0.6 is 11.8 Å². The van der Waals surface area contributed by atoms with Crippen molar-refractivity contribution in [2.45, 2.75) is 29.8 Å². The summed E-state index contributed by atoms with van der Waals surface area (Å²) in [5, 5.41) is 0.685. The molecule has 0 radical (unpaired) electrons. The Kier molecular flexibility index (Phi) is 4.20. The van der Waals surface area contributed by atoms with Crippen LogP contribution in [0.5, 0.6) is 0 Å². The van der Waals surface area contributed by atoms with Crippen LogP contribution in [0.15, 0.2) is 29.2 Å². The van der Waals surface area contributed by atoms with Crippen molar-refractivity contribution >= 4 is 31.2 Å². The van der Waals surface area contributed by atoms with Gasteiger partial charge in [-0.1, -0.05) is 0 Å². The fourth-order valence-electron chi connectivity index (χ4n) is 0.947. The molecule has 0 nitrogen and oxygen atoms in total. The predicted molar refractivity (Wildman–Crippen MR) is 58.7 cm³/mol. The third kappa shape index (κ3) is 3.22. The fraction of sp³-hybridized carbons (Fsp3) is 0.400. The van der Waals surface area contributed by atoms with Crippen LogP contribution in [0.1, 0.15) is 13.8 Å². The van der Waals surface area contributed by atoms with Crippen LogP contribution in [0.4, 0.5) is 0 Å². The summed E-state index contributed by atoms with van der Waals surface area (Å²) in [5.74, 6) is 2.26. The Morgan fingerprint density at radius 2 is 2.08 bits per heavy atom. The zero-order valence-electron chi connectivity index (χ0n) is 7.70. The number of benzene rings is 1. The summed E-state index contributed by atoms with van der Waals surface area (Å²) in [6, 6.07) is 8.88. The summed E-state index contributed by atoms with van der Waals surface area (Å²) < 4.78 is 1.49. The van der Waals surface area contributed by atoms with E-state index < -0.39 is 0 Å². The van der Waals surface area contributed by atoms with Gasteiger partial charge in [0.1, 0.15) is 0 Å². The van der Waals surface area contributed by atoms with E-state index in [2.05, 4.69) is 43.9 Å². The number of thioether (sulfide) groups is 1. The Morgan fingerprint density at radius 1 is 1.33 bits per heavy atom. The summed E-state index contributed by atoms with van der Waals surface area (Å²) >= 11 is 2.57. The van der Waals surface area contributed by atoms with Crippen molar-refractivity contribution in [2.75, 3.05) is 0 Å². The van der Waals surface area contributed by atoms with Crippen LogP contribution < -0.4 is 4.46 Å².